The van der Waals surface area contributed by atoms with Gasteiger partial charge in [0.15, 0.2) is 11.6 Å². The van der Waals surface area contributed by atoms with E-state index in [1.807, 2.05) is 19.1 Å². The second-order valence-electron chi connectivity index (χ2n) is 9.61. The molecule has 1 N–H and O–H groups in total. The number of carbonyl (C=O) groups is 1. The lowest BCUT2D eigenvalue weighted by Gasteiger charge is -2.31. The van der Waals surface area contributed by atoms with Crippen LogP contribution in [0, 0.1) is 12.7 Å². The van der Waals surface area contributed by atoms with Crippen LogP contribution in [0.15, 0.2) is 55.0 Å². The molecule has 5 aromatic rings. The molecule has 0 spiro atoms. The van der Waals surface area contributed by atoms with E-state index in [0.717, 1.165) is 28.7 Å². The predicted octanol–water partition coefficient (Wildman–Crippen LogP) is 6.70. The number of nitrogens with zero attached hydrogens (tertiary/aromatic N) is 4. The Hall–Kier alpha value is -4.38. The SMILES string of the molecule is COc1cnc2c(-c3nc4cc(F)c(O[C@@H]5CCCC[C@@H]5OC(=O)Nc5cccnc5)cc4s3)cc(C)cc2n1. The van der Waals surface area contributed by atoms with E-state index in [1.165, 1.54) is 23.6 Å². The van der Waals surface area contributed by atoms with Gasteiger partial charge in [0, 0.05) is 23.9 Å². The number of halogens is 1. The first kappa shape index (κ1) is 25.9. The first-order chi connectivity index (χ1) is 19.5. The number of fused-ring (bicyclic) bond motifs is 2. The van der Waals surface area contributed by atoms with Gasteiger partial charge in [-0.05, 0) is 62.4 Å². The average molecular weight is 560 g/mol. The molecule has 1 aliphatic carbocycles. The molecule has 1 saturated carbocycles. The van der Waals surface area contributed by atoms with E-state index in [9.17, 15) is 4.79 Å². The molecule has 1 aliphatic rings. The highest BCUT2D eigenvalue weighted by molar-refractivity contribution is 7.21. The fraction of sp³-hybridized carbons (Fsp3) is 0.276. The second kappa shape index (κ2) is 11.0. The Balaban J connectivity index is 1.25. The summed E-state index contributed by atoms with van der Waals surface area (Å²) in [7, 11) is 1.55. The van der Waals surface area contributed by atoms with Crippen LogP contribution in [0.4, 0.5) is 14.9 Å². The lowest BCUT2D eigenvalue weighted by atomic mass is 9.94. The van der Waals surface area contributed by atoms with Crippen LogP contribution in [0.25, 0.3) is 31.8 Å². The summed E-state index contributed by atoms with van der Waals surface area (Å²) in [6.45, 7) is 1.97. The number of hydrogen-bond donors (Lipinski definition) is 1. The van der Waals surface area contributed by atoms with E-state index in [0.29, 0.717) is 46.0 Å². The number of ether oxygens (including phenoxy) is 3. The summed E-state index contributed by atoms with van der Waals surface area (Å²) in [4.78, 5) is 30.2. The summed E-state index contributed by atoms with van der Waals surface area (Å²) in [5.74, 6) is 0.0124. The summed E-state index contributed by atoms with van der Waals surface area (Å²) >= 11 is 1.42. The molecule has 0 radical (unpaired) electrons. The zero-order valence-electron chi connectivity index (χ0n) is 21.9. The number of aromatic nitrogens is 4. The average Bonchev–Trinajstić information content (AvgIpc) is 3.36. The largest absolute Gasteiger partial charge is 0.483 e. The van der Waals surface area contributed by atoms with Crippen molar-refractivity contribution in [2.45, 2.75) is 44.8 Å². The fourth-order valence-corrected chi connectivity index (χ4v) is 5.85. The lowest BCUT2D eigenvalue weighted by molar-refractivity contribution is -0.00440. The first-order valence-corrected chi connectivity index (χ1v) is 13.7. The van der Waals surface area contributed by atoms with Crippen molar-refractivity contribution in [2.75, 3.05) is 12.4 Å². The van der Waals surface area contributed by atoms with Crippen LogP contribution in [0.5, 0.6) is 11.6 Å². The summed E-state index contributed by atoms with van der Waals surface area (Å²) < 4.78 is 33.1. The number of carbonyl (C=O) groups excluding carboxylic acids is 1. The summed E-state index contributed by atoms with van der Waals surface area (Å²) in [6.07, 6.45) is 6.22. The van der Waals surface area contributed by atoms with E-state index in [-0.39, 0.29) is 5.75 Å². The zero-order chi connectivity index (χ0) is 27.6. The zero-order valence-corrected chi connectivity index (χ0v) is 22.7. The molecule has 1 fully saturated rings. The highest BCUT2D eigenvalue weighted by Crippen LogP contribution is 2.38. The molecule has 204 valence electrons. The van der Waals surface area contributed by atoms with Gasteiger partial charge < -0.3 is 14.2 Å². The molecule has 6 rings (SSSR count). The van der Waals surface area contributed by atoms with Gasteiger partial charge in [-0.25, -0.2) is 24.1 Å². The van der Waals surface area contributed by atoms with Gasteiger partial charge in [0.25, 0.3) is 0 Å². The number of benzene rings is 2. The van der Waals surface area contributed by atoms with Gasteiger partial charge in [0.1, 0.15) is 17.2 Å². The first-order valence-electron chi connectivity index (χ1n) is 12.9. The monoisotopic (exact) mass is 559 g/mol. The van der Waals surface area contributed by atoms with Crippen LogP contribution in [0.3, 0.4) is 0 Å². The Kier molecular flexibility index (Phi) is 7.12. The predicted molar refractivity (Wildman–Crippen MR) is 150 cm³/mol. The molecule has 40 heavy (non-hydrogen) atoms. The molecular formula is C29H26FN5O4S. The molecule has 0 saturated heterocycles. The Morgan fingerprint density at radius 3 is 2.73 bits per heavy atom. The van der Waals surface area contributed by atoms with Crippen LogP contribution in [-0.2, 0) is 4.74 Å². The Bertz CT molecular complexity index is 1700. The van der Waals surface area contributed by atoms with Crippen molar-refractivity contribution in [1.29, 1.82) is 0 Å². The van der Waals surface area contributed by atoms with Crippen LogP contribution in [0.1, 0.15) is 31.2 Å². The van der Waals surface area contributed by atoms with E-state index in [2.05, 4.69) is 20.3 Å². The van der Waals surface area contributed by atoms with Crippen molar-refractivity contribution in [3.63, 3.8) is 0 Å². The maximum atomic E-state index is 15.2. The summed E-state index contributed by atoms with van der Waals surface area (Å²) in [5.41, 5.74) is 4.25. The highest BCUT2D eigenvalue weighted by atomic mass is 32.1. The minimum Gasteiger partial charge on any atom is -0.483 e. The van der Waals surface area contributed by atoms with Gasteiger partial charge in [-0.2, -0.15) is 0 Å². The minimum absolute atomic E-state index is 0.106. The third kappa shape index (κ3) is 5.37. The number of hydrogen-bond acceptors (Lipinski definition) is 9. The van der Waals surface area contributed by atoms with Crippen LogP contribution < -0.4 is 14.8 Å². The molecule has 3 heterocycles. The quantitative estimate of drug-likeness (QED) is 0.245. The molecule has 2 atom stereocenters. The smallest absolute Gasteiger partial charge is 0.412 e. The van der Waals surface area contributed by atoms with Crippen molar-refractivity contribution in [2.24, 2.45) is 0 Å². The molecule has 3 aromatic heterocycles. The number of aryl methyl sites for hydroxylation is 1. The highest BCUT2D eigenvalue weighted by Gasteiger charge is 2.31. The molecule has 1 amide bonds. The van der Waals surface area contributed by atoms with Crippen LogP contribution in [0.2, 0.25) is 0 Å². The number of nitrogens with one attached hydrogen (secondary N) is 1. The molecule has 0 unspecified atom stereocenters. The van der Waals surface area contributed by atoms with Gasteiger partial charge in [0.2, 0.25) is 5.88 Å². The van der Waals surface area contributed by atoms with Crippen LogP contribution in [-0.4, -0.2) is 45.3 Å². The number of rotatable bonds is 6. The molecular weight excluding hydrogens is 533 g/mol. The number of thiazole rings is 1. The normalized spacial score (nSPS) is 17.1. The van der Waals surface area contributed by atoms with Crippen molar-refractivity contribution < 1.29 is 23.4 Å². The van der Waals surface area contributed by atoms with Crippen molar-refractivity contribution in [3.8, 4) is 22.2 Å². The minimum atomic E-state index is -0.595. The maximum absolute atomic E-state index is 15.2. The Morgan fingerprint density at radius 1 is 1.07 bits per heavy atom. The maximum Gasteiger partial charge on any atom is 0.412 e. The van der Waals surface area contributed by atoms with E-state index >= 15 is 4.39 Å². The molecule has 2 aromatic carbocycles. The molecule has 11 heteroatoms. The van der Waals surface area contributed by atoms with Crippen molar-refractivity contribution in [1.82, 2.24) is 19.9 Å². The third-order valence-electron chi connectivity index (χ3n) is 6.74. The third-order valence-corrected chi connectivity index (χ3v) is 7.79. The van der Waals surface area contributed by atoms with Crippen molar-refractivity contribution >= 4 is 44.4 Å². The lowest BCUT2D eigenvalue weighted by Crippen LogP contribution is -2.39. The standard InChI is InChI=1S/C29H26FN5O4S/c1-16-10-18(27-21(11-16)34-26(37-2)15-32-27)28-35-20-12-19(30)24(13-25(20)40-28)38-22-7-3-4-8-23(22)39-29(36)33-17-6-5-9-31-14-17/h5-6,9-15,22-23H,3-4,7-8H2,1-2H3,(H,33,36)/t22-,23+/m1/s1. The molecule has 0 aliphatic heterocycles. The Morgan fingerprint density at radius 2 is 1.93 bits per heavy atom. The summed E-state index contributed by atoms with van der Waals surface area (Å²) in [5, 5.41) is 3.37. The van der Waals surface area contributed by atoms with Crippen LogP contribution >= 0.6 is 11.3 Å². The van der Waals surface area contributed by atoms with Gasteiger partial charge in [-0.3, -0.25) is 10.3 Å². The number of amides is 1. The Labute approximate surface area is 233 Å². The molecule has 0 bridgehead atoms. The van der Waals surface area contributed by atoms with Crippen molar-refractivity contribution in [3.05, 3.63) is 66.4 Å². The number of pyridine rings is 1. The second-order valence-corrected chi connectivity index (χ2v) is 10.6. The number of anilines is 1. The number of methoxy groups -OCH3 is 1. The van der Waals surface area contributed by atoms with E-state index < -0.39 is 24.1 Å². The van der Waals surface area contributed by atoms with Gasteiger partial charge in [-0.1, -0.05) is 0 Å². The topological polar surface area (TPSA) is 108 Å². The van der Waals surface area contributed by atoms with Gasteiger partial charge >= 0.3 is 6.09 Å². The molecule has 9 nitrogen and oxygen atoms in total. The van der Waals surface area contributed by atoms with Gasteiger partial charge in [0.05, 0.1) is 46.4 Å². The fourth-order valence-electron chi connectivity index (χ4n) is 4.86. The van der Waals surface area contributed by atoms with E-state index in [1.54, 1.807) is 37.7 Å². The van der Waals surface area contributed by atoms with E-state index in [4.69, 9.17) is 19.2 Å². The summed E-state index contributed by atoms with van der Waals surface area (Å²) in [6, 6.07) is 10.4. The van der Waals surface area contributed by atoms with Gasteiger partial charge in [-0.15, -0.1) is 11.3 Å².